The van der Waals surface area contributed by atoms with Crippen molar-refractivity contribution < 1.29 is 9.53 Å². The number of rotatable bonds is 4. The summed E-state index contributed by atoms with van der Waals surface area (Å²) in [6, 6.07) is 0.486. The smallest absolute Gasteiger partial charge is 0.413 e. The fourth-order valence-corrected chi connectivity index (χ4v) is 2.53. The predicted molar refractivity (Wildman–Crippen MR) is 85.8 cm³/mol. The zero-order chi connectivity index (χ0) is 16.3. The molecule has 1 aliphatic rings. The van der Waals surface area contributed by atoms with Crippen LogP contribution in [0.1, 0.15) is 32.8 Å². The standard InChI is InChI=1S/C15H27N5O2/c1-15(2,3)22-14(21)18-13-11(9-17-20(13)5)8-16-12-6-7-19(4)10-12/h9,12,16H,6-8,10H2,1-5H3,(H,18,21). The van der Waals surface area contributed by atoms with Crippen molar-refractivity contribution in [2.75, 3.05) is 25.5 Å². The highest BCUT2D eigenvalue weighted by Gasteiger charge is 2.21. The number of nitrogens with zero attached hydrogens (tertiary/aromatic N) is 3. The number of carbonyl (C=O) groups is 1. The monoisotopic (exact) mass is 309 g/mol. The SMILES string of the molecule is CN1CCC(NCc2cnn(C)c2NC(=O)OC(C)(C)C)C1. The van der Waals surface area contributed by atoms with E-state index in [0.717, 1.165) is 25.1 Å². The summed E-state index contributed by atoms with van der Waals surface area (Å²) in [7, 11) is 3.93. The molecule has 0 spiro atoms. The predicted octanol–water partition coefficient (Wildman–Crippen LogP) is 1.56. The van der Waals surface area contributed by atoms with E-state index in [1.54, 1.807) is 17.9 Å². The highest BCUT2D eigenvalue weighted by molar-refractivity contribution is 5.84. The molecule has 7 nitrogen and oxygen atoms in total. The molecule has 0 aliphatic carbocycles. The lowest BCUT2D eigenvalue weighted by molar-refractivity contribution is 0.0634. The Morgan fingerprint density at radius 2 is 2.18 bits per heavy atom. The number of carbonyl (C=O) groups excluding carboxylic acids is 1. The molecule has 7 heteroatoms. The molecular formula is C15H27N5O2. The van der Waals surface area contributed by atoms with E-state index in [0.29, 0.717) is 18.4 Å². The van der Waals surface area contributed by atoms with Gasteiger partial charge in [0.1, 0.15) is 11.4 Å². The third kappa shape index (κ3) is 4.71. The Labute approximate surface area is 132 Å². The molecule has 1 fully saturated rings. The van der Waals surface area contributed by atoms with Gasteiger partial charge in [0.15, 0.2) is 0 Å². The lowest BCUT2D eigenvalue weighted by Gasteiger charge is -2.20. The van der Waals surface area contributed by atoms with Crippen molar-refractivity contribution >= 4 is 11.9 Å². The lowest BCUT2D eigenvalue weighted by Crippen LogP contribution is -2.31. The van der Waals surface area contributed by atoms with Crippen molar-refractivity contribution in [1.29, 1.82) is 0 Å². The molecule has 2 N–H and O–H groups in total. The van der Waals surface area contributed by atoms with Gasteiger partial charge in [-0.2, -0.15) is 5.10 Å². The number of likely N-dealkylation sites (tertiary alicyclic amines) is 1. The van der Waals surface area contributed by atoms with Crippen LogP contribution in [0.3, 0.4) is 0 Å². The second-order valence-electron chi connectivity index (χ2n) is 6.90. The molecule has 2 heterocycles. The first-order valence-electron chi connectivity index (χ1n) is 7.67. The van der Waals surface area contributed by atoms with Gasteiger partial charge in [0, 0.05) is 31.7 Å². The topological polar surface area (TPSA) is 71.4 Å². The zero-order valence-electron chi connectivity index (χ0n) is 14.1. The van der Waals surface area contributed by atoms with Crippen LogP contribution in [0.5, 0.6) is 0 Å². The van der Waals surface area contributed by atoms with Gasteiger partial charge >= 0.3 is 6.09 Å². The Balaban J connectivity index is 1.94. The van der Waals surface area contributed by atoms with Gasteiger partial charge in [-0.15, -0.1) is 0 Å². The number of nitrogens with one attached hydrogen (secondary N) is 2. The number of likely N-dealkylation sites (N-methyl/N-ethyl adjacent to an activating group) is 1. The van der Waals surface area contributed by atoms with Gasteiger partial charge in [-0.3, -0.25) is 10.00 Å². The van der Waals surface area contributed by atoms with Gasteiger partial charge in [-0.1, -0.05) is 0 Å². The van der Waals surface area contributed by atoms with Gasteiger partial charge in [-0.25, -0.2) is 4.79 Å². The molecule has 1 unspecified atom stereocenters. The van der Waals surface area contributed by atoms with Crippen molar-refractivity contribution in [2.45, 2.75) is 45.4 Å². The Bertz CT molecular complexity index is 520. The van der Waals surface area contributed by atoms with Gasteiger partial charge < -0.3 is 15.0 Å². The van der Waals surface area contributed by atoms with Gasteiger partial charge in [0.05, 0.1) is 6.20 Å². The fourth-order valence-electron chi connectivity index (χ4n) is 2.53. The summed E-state index contributed by atoms with van der Waals surface area (Å²) in [5.41, 5.74) is 0.443. The second kappa shape index (κ2) is 6.66. The summed E-state index contributed by atoms with van der Waals surface area (Å²) in [6.45, 7) is 8.37. The first kappa shape index (κ1) is 16.8. The largest absolute Gasteiger partial charge is 0.444 e. The number of amides is 1. The summed E-state index contributed by atoms with van der Waals surface area (Å²) < 4.78 is 6.95. The highest BCUT2D eigenvalue weighted by Crippen LogP contribution is 2.17. The fraction of sp³-hybridized carbons (Fsp3) is 0.733. The third-order valence-electron chi connectivity index (χ3n) is 3.61. The molecule has 0 bridgehead atoms. The van der Waals surface area contributed by atoms with Crippen molar-refractivity contribution in [1.82, 2.24) is 20.0 Å². The molecule has 0 saturated carbocycles. The van der Waals surface area contributed by atoms with Crippen LogP contribution in [0.25, 0.3) is 0 Å². The van der Waals surface area contributed by atoms with E-state index in [2.05, 4.69) is 27.7 Å². The van der Waals surface area contributed by atoms with Gasteiger partial charge in [0.2, 0.25) is 0 Å². The van der Waals surface area contributed by atoms with Crippen LogP contribution in [0.4, 0.5) is 10.6 Å². The third-order valence-corrected chi connectivity index (χ3v) is 3.61. The molecule has 2 rings (SSSR count). The number of aromatic nitrogens is 2. The Kier molecular flexibility index (Phi) is 5.08. The molecule has 0 radical (unpaired) electrons. The molecule has 1 atom stereocenters. The van der Waals surface area contributed by atoms with Crippen LogP contribution >= 0.6 is 0 Å². The van der Waals surface area contributed by atoms with E-state index in [9.17, 15) is 4.79 Å². The van der Waals surface area contributed by atoms with Crippen LogP contribution in [0.15, 0.2) is 6.20 Å². The van der Waals surface area contributed by atoms with Crippen molar-refractivity contribution in [3.8, 4) is 0 Å². The number of hydrogen-bond acceptors (Lipinski definition) is 5. The molecule has 1 amide bonds. The minimum absolute atomic E-state index is 0.460. The van der Waals surface area contributed by atoms with Crippen LogP contribution in [0.2, 0.25) is 0 Å². The summed E-state index contributed by atoms with van der Waals surface area (Å²) in [5.74, 6) is 0.674. The zero-order valence-corrected chi connectivity index (χ0v) is 14.1. The van der Waals surface area contributed by atoms with E-state index in [1.165, 1.54) is 0 Å². The number of aryl methyl sites for hydroxylation is 1. The van der Waals surface area contributed by atoms with Crippen molar-refractivity contribution in [3.63, 3.8) is 0 Å². The molecule has 22 heavy (non-hydrogen) atoms. The molecule has 1 aliphatic heterocycles. The van der Waals surface area contributed by atoms with Gasteiger partial charge in [0.25, 0.3) is 0 Å². The van der Waals surface area contributed by atoms with Crippen molar-refractivity contribution in [2.24, 2.45) is 7.05 Å². The Morgan fingerprint density at radius 1 is 1.45 bits per heavy atom. The van der Waals surface area contributed by atoms with E-state index < -0.39 is 11.7 Å². The molecule has 1 saturated heterocycles. The lowest BCUT2D eigenvalue weighted by atomic mass is 10.2. The summed E-state index contributed by atoms with van der Waals surface area (Å²) >= 11 is 0. The molecule has 1 aromatic rings. The average molecular weight is 309 g/mol. The maximum absolute atomic E-state index is 11.9. The van der Waals surface area contributed by atoms with Crippen LogP contribution < -0.4 is 10.6 Å². The minimum Gasteiger partial charge on any atom is -0.444 e. The Hall–Kier alpha value is -1.60. The van der Waals surface area contributed by atoms with E-state index in [-0.39, 0.29) is 0 Å². The number of hydrogen-bond donors (Lipinski definition) is 2. The normalized spacial score (nSPS) is 19.4. The van der Waals surface area contributed by atoms with E-state index in [4.69, 9.17) is 4.74 Å². The van der Waals surface area contributed by atoms with E-state index in [1.807, 2.05) is 20.8 Å². The summed E-state index contributed by atoms with van der Waals surface area (Å²) in [6.07, 6.45) is 2.46. The molecule has 1 aromatic heterocycles. The molecule has 0 aromatic carbocycles. The van der Waals surface area contributed by atoms with Crippen LogP contribution in [-0.2, 0) is 18.3 Å². The summed E-state index contributed by atoms with van der Waals surface area (Å²) in [4.78, 5) is 14.2. The molecular weight excluding hydrogens is 282 g/mol. The van der Waals surface area contributed by atoms with E-state index >= 15 is 0 Å². The quantitative estimate of drug-likeness (QED) is 0.883. The van der Waals surface area contributed by atoms with Crippen LogP contribution in [0, 0.1) is 0 Å². The van der Waals surface area contributed by atoms with Crippen molar-refractivity contribution in [3.05, 3.63) is 11.8 Å². The first-order valence-corrected chi connectivity index (χ1v) is 7.67. The average Bonchev–Trinajstić information content (AvgIpc) is 2.93. The summed E-state index contributed by atoms with van der Waals surface area (Å²) in [5, 5.41) is 10.5. The van der Waals surface area contributed by atoms with Crippen LogP contribution in [-0.4, -0.2) is 52.6 Å². The molecule has 124 valence electrons. The Morgan fingerprint density at radius 3 is 2.77 bits per heavy atom. The maximum atomic E-state index is 11.9. The first-order chi connectivity index (χ1) is 10.2. The minimum atomic E-state index is -0.518. The van der Waals surface area contributed by atoms with Gasteiger partial charge in [-0.05, 0) is 40.8 Å². The number of ether oxygens (including phenoxy) is 1. The second-order valence-corrected chi connectivity index (χ2v) is 6.90. The maximum Gasteiger partial charge on any atom is 0.413 e. The highest BCUT2D eigenvalue weighted by atomic mass is 16.6. The number of anilines is 1.